The average molecular weight is 281 g/mol. The van der Waals surface area contributed by atoms with Crippen LogP contribution < -0.4 is 0 Å². The second-order valence-electron chi connectivity index (χ2n) is 6.64. The summed E-state index contributed by atoms with van der Waals surface area (Å²) in [5.74, 6) is 3.80. The molecule has 0 aromatic rings. The van der Waals surface area contributed by atoms with E-state index in [1.807, 2.05) is 0 Å². The summed E-state index contributed by atoms with van der Waals surface area (Å²) in [6.45, 7) is 3.84. The SMILES string of the molecule is C=CCCC1CCC(C2CCC(/C=C/Cl)CC2)CC1. The van der Waals surface area contributed by atoms with Crippen LogP contribution in [0.25, 0.3) is 0 Å². The standard InChI is InChI=1S/C18H29Cl/c1-2-3-4-15-5-9-17(10-6-15)18-11-7-16(8-12-18)13-14-19/h2,13-18H,1,3-12H2/b14-13+. The monoisotopic (exact) mass is 280 g/mol. The predicted octanol–water partition coefficient (Wildman–Crippen LogP) is 6.32. The van der Waals surface area contributed by atoms with Crippen LogP contribution in [0.1, 0.15) is 64.2 Å². The van der Waals surface area contributed by atoms with E-state index in [0.717, 1.165) is 23.7 Å². The van der Waals surface area contributed by atoms with Crippen LogP contribution in [0.15, 0.2) is 24.3 Å². The van der Waals surface area contributed by atoms with Crippen LogP contribution in [0, 0.1) is 23.7 Å². The number of halogens is 1. The molecule has 0 bridgehead atoms. The molecule has 2 fully saturated rings. The van der Waals surface area contributed by atoms with Gasteiger partial charge in [-0.15, -0.1) is 6.58 Å². The summed E-state index contributed by atoms with van der Waals surface area (Å²) in [6, 6.07) is 0. The van der Waals surface area contributed by atoms with E-state index in [9.17, 15) is 0 Å². The maximum absolute atomic E-state index is 5.69. The topological polar surface area (TPSA) is 0 Å². The fourth-order valence-corrected chi connectivity index (χ4v) is 4.42. The van der Waals surface area contributed by atoms with Gasteiger partial charge in [-0.2, -0.15) is 0 Å². The smallest absolute Gasteiger partial charge is 0.000525 e. The zero-order chi connectivity index (χ0) is 13.5. The fraction of sp³-hybridized carbons (Fsp3) is 0.778. The molecule has 1 heteroatoms. The van der Waals surface area contributed by atoms with Gasteiger partial charge in [-0.05, 0) is 75.0 Å². The lowest BCUT2D eigenvalue weighted by Crippen LogP contribution is -2.25. The summed E-state index contributed by atoms with van der Waals surface area (Å²) in [7, 11) is 0. The average Bonchev–Trinajstić information content (AvgIpc) is 2.47. The molecule has 0 aromatic carbocycles. The first kappa shape index (κ1) is 15.2. The van der Waals surface area contributed by atoms with Gasteiger partial charge in [0, 0.05) is 5.54 Å². The summed E-state index contributed by atoms with van der Waals surface area (Å²) in [5.41, 5.74) is 1.72. The van der Waals surface area contributed by atoms with Gasteiger partial charge < -0.3 is 0 Å². The summed E-state index contributed by atoms with van der Waals surface area (Å²) in [4.78, 5) is 0. The van der Waals surface area contributed by atoms with Crippen molar-refractivity contribution in [3.05, 3.63) is 24.3 Å². The molecule has 0 radical (unpaired) electrons. The lowest BCUT2D eigenvalue weighted by atomic mass is 9.69. The predicted molar refractivity (Wildman–Crippen MR) is 85.3 cm³/mol. The van der Waals surface area contributed by atoms with Gasteiger partial charge in [-0.25, -0.2) is 0 Å². The Morgan fingerprint density at radius 1 is 0.895 bits per heavy atom. The van der Waals surface area contributed by atoms with E-state index in [-0.39, 0.29) is 0 Å². The summed E-state index contributed by atoms with van der Waals surface area (Å²) < 4.78 is 0. The molecular formula is C18H29Cl. The van der Waals surface area contributed by atoms with E-state index in [1.165, 1.54) is 64.2 Å². The van der Waals surface area contributed by atoms with Crippen molar-refractivity contribution in [1.29, 1.82) is 0 Å². The summed E-state index contributed by atoms with van der Waals surface area (Å²) >= 11 is 5.69. The molecule has 0 aliphatic heterocycles. The molecule has 0 heterocycles. The summed E-state index contributed by atoms with van der Waals surface area (Å²) in [5, 5.41) is 0. The maximum Gasteiger partial charge on any atom is 0.000525 e. The van der Waals surface area contributed by atoms with Crippen molar-refractivity contribution >= 4 is 11.6 Å². The van der Waals surface area contributed by atoms with Crippen LogP contribution in [0.4, 0.5) is 0 Å². The molecule has 0 aromatic heterocycles. The number of hydrogen-bond donors (Lipinski definition) is 0. The fourth-order valence-electron chi connectivity index (χ4n) is 4.21. The van der Waals surface area contributed by atoms with Crippen LogP contribution in [-0.2, 0) is 0 Å². The largest absolute Gasteiger partial charge is 0.103 e. The Balaban J connectivity index is 1.69. The maximum atomic E-state index is 5.69. The zero-order valence-electron chi connectivity index (χ0n) is 12.2. The molecule has 2 saturated carbocycles. The highest BCUT2D eigenvalue weighted by molar-refractivity contribution is 6.25. The lowest BCUT2D eigenvalue weighted by Gasteiger charge is -2.37. The van der Waals surface area contributed by atoms with Crippen LogP contribution in [0.3, 0.4) is 0 Å². The Morgan fingerprint density at radius 3 is 2.00 bits per heavy atom. The molecule has 0 nitrogen and oxygen atoms in total. The Labute approximate surface area is 124 Å². The molecule has 0 amide bonds. The zero-order valence-corrected chi connectivity index (χ0v) is 13.0. The van der Waals surface area contributed by atoms with Gasteiger partial charge in [0.05, 0.1) is 0 Å². The quantitative estimate of drug-likeness (QED) is 0.517. The molecule has 19 heavy (non-hydrogen) atoms. The van der Waals surface area contributed by atoms with Crippen LogP contribution in [0.2, 0.25) is 0 Å². The van der Waals surface area contributed by atoms with Gasteiger partial charge >= 0.3 is 0 Å². The van der Waals surface area contributed by atoms with Gasteiger partial charge in [0.1, 0.15) is 0 Å². The molecule has 2 aliphatic carbocycles. The van der Waals surface area contributed by atoms with Crippen molar-refractivity contribution in [1.82, 2.24) is 0 Å². The second-order valence-corrected chi connectivity index (χ2v) is 6.89. The Morgan fingerprint density at radius 2 is 1.47 bits per heavy atom. The van der Waals surface area contributed by atoms with Crippen LogP contribution >= 0.6 is 11.6 Å². The molecule has 0 atom stereocenters. The molecule has 108 valence electrons. The van der Waals surface area contributed by atoms with Gasteiger partial charge in [0.25, 0.3) is 0 Å². The van der Waals surface area contributed by atoms with Gasteiger partial charge in [-0.3, -0.25) is 0 Å². The minimum absolute atomic E-state index is 0.762. The van der Waals surface area contributed by atoms with E-state index in [0.29, 0.717) is 0 Å². The van der Waals surface area contributed by atoms with Gasteiger partial charge in [0.15, 0.2) is 0 Å². The van der Waals surface area contributed by atoms with Crippen molar-refractivity contribution in [3.8, 4) is 0 Å². The Bertz CT molecular complexity index is 278. The Hall–Kier alpha value is -0.230. The number of rotatable bonds is 5. The summed E-state index contributed by atoms with van der Waals surface area (Å²) in [6.07, 6.45) is 18.4. The first-order chi connectivity index (χ1) is 9.33. The van der Waals surface area contributed by atoms with E-state index in [1.54, 1.807) is 5.54 Å². The highest BCUT2D eigenvalue weighted by Gasteiger charge is 2.29. The van der Waals surface area contributed by atoms with Gasteiger partial charge in [-0.1, -0.05) is 36.6 Å². The third-order valence-electron chi connectivity index (χ3n) is 5.50. The van der Waals surface area contributed by atoms with Crippen molar-refractivity contribution in [2.75, 3.05) is 0 Å². The van der Waals surface area contributed by atoms with Crippen LogP contribution in [0.5, 0.6) is 0 Å². The van der Waals surface area contributed by atoms with Gasteiger partial charge in [0.2, 0.25) is 0 Å². The van der Waals surface area contributed by atoms with Crippen molar-refractivity contribution in [3.63, 3.8) is 0 Å². The molecule has 0 N–H and O–H groups in total. The van der Waals surface area contributed by atoms with E-state index in [4.69, 9.17) is 11.6 Å². The molecule has 2 rings (SSSR count). The third-order valence-corrected chi connectivity index (χ3v) is 5.64. The van der Waals surface area contributed by atoms with Crippen LogP contribution in [-0.4, -0.2) is 0 Å². The minimum atomic E-state index is 0.762. The van der Waals surface area contributed by atoms with E-state index >= 15 is 0 Å². The normalized spacial score (nSPS) is 36.5. The third kappa shape index (κ3) is 4.67. The molecule has 2 aliphatic rings. The molecular weight excluding hydrogens is 252 g/mol. The van der Waals surface area contributed by atoms with E-state index in [2.05, 4.69) is 18.7 Å². The molecule has 0 spiro atoms. The highest BCUT2D eigenvalue weighted by atomic mass is 35.5. The van der Waals surface area contributed by atoms with Crippen molar-refractivity contribution in [2.24, 2.45) is 23.7 Å². The number of allylic oxidation sites excluding steroid dienone is 2. The molecule has 0 saturated heterocycles. The first-order valence-corrected chi connectivity index (χ1v) is 8.65. The first-order valence-electron chi connectivity index (χ1n) is 8.21. The van der Waals surface area contributed by atoms with E-state index < -0.39 is 0 Å². The Kier molecular flexibility index (Phi) is 6.50. The highest BCUT2D eigenvalue weighted by Crippen LogP contribution is 2.42. The number of hydrogen-bond acceptors (Lipinski definition) is 0. The second kappa shape index (κ2) is 8.15. The molecule has 0 unspecified atom stereocenters. The lowest BCUT2D eigenvalue weighted by molar-refractivity contribution is 0.153. The van der Waals surface area contributed by atoms with Crippen molar-refractivity contribution < 1.29 is 0 Å². The van der Waals surface area contributed by atoms with Crippen molar-refractivity contribution in [2.45, 2.75) is 64.2 Å². The minimum Gasteiger partial charge on any atom is -0.103 e.